The monoisotopic (exact) mass is 730 g/mol. The quantitative estimate of drug-likeness (QED) is 0.0747. The molecule has 3 aromatic rings. The normalized spacial score (nSPS) is 14.3. The molecule has 5 N–H and O–H groups in total. The Labute approximate surface area is 311 Å². The lowest BCUT2D eigenvalue weighted by molar-refractivity contribution is -0.133. The summed E-state index contributed by atoms with van der Waals surface area (Å²) in [6, 6.07) is 13.3. The van der Waals surface area contributed by atoms with E-state index >= 15 is 0 Å². The smallest absolute Gasteiger partial charge is 0.407 e. The van der Waals surface area contributed by atoms with Crippen LogP contribution < -0.4 is 21.3 Å². The van der Waals surface area contributed by atoms with Crippen LogP contribution in [0.4, 0.5) is 9.59 Å². The predicted molar refractivity (Wildman–Crippen MR) is 208 cm³/mol. The number of hydrogen-bond acceptors (Lipinski definition) is 9. The van der Waals surface area contributed by atoms with Crippen LogP contribution >= 0.6 is 0 Å². The number of unbranched alkanes of at least 4 members (excludes halogenated alkanes) is 1. The topological polar surface area (TPSA) is 179 Å². The molecule has 2 unspecified atom stereocenters. The van der Waals surface area contributed by atoms with Crippen molar-refractivity contribution >= 4 is 47.4 Å². The van der Waals surface area contributed by atoms with E-state index in [9.17, 15) is 19.2 Å². The van der Waals surface area contributed by atoms with E-state index in [1.807, 2.05) is 36.4 Å². The van der Waals surface area contributed by atoms with Gasteiger partial charge in [-0.15, -0.1) is 0 Å². The minimum absolute atomic E-state index is 0.0787. The van der Waals surface area contributed by atoms with Crippen LogP contribution in [-0.4, -0.2) is 98.1 Å². The number of imidazole rings is 1. The number of benzene rings is 2. The number of carbonyl (C=O) groups is 4. The van der Waals surface area contributed by atoms with E-state index in [-0.39, 0.29) is 24.4 Å². The summed E-state index contributed by atoms with van der Waals surface area (Å²) in [6.45, 7) is 14.9. The van der Waals surface area contributed by atoms with E-state index in [1.54, 1.807) is 18.0 Å². The first kappa shape index (κ1) is 41.8. The van der Waals surface area contributed by atoms with Crippen molar-refractivity contribution in [2.24, 2.45) is 4.99 Å². The molecule has 14 nitrogen and oxygen atoms in total. The van der Waals surface area contributed by atoms with Gasteiger partial charge >= 0.3 is 12.2 Å². The zero-order chi connectivity index (χ0) is 38.8. The number of nitrogens with one attached hydrogen (secondary N) is 5. The number of nitrogens with zero attached hydrogens (tertiary/aromatic N) is 3. The highest BCUT2D eigenvalue weighted by Gasteiger charge is 2.34. The van der Waals surface area contributed by atoms with Crippen LogP contribution in [-0.2, 0) is 25.5 Å². The number of alkyl carbamates (subject to hydrolysis) is 2. The molecule has 53 heavy (non-hydrogen) atoms. The second-order valence-electron chi connectivity index (χ2n) is 12.7. The van der Waals surface area contributed by atoms with Gasteiger partial charge in [0.1, 0.15) is 11.9 Å². The number of H-pyrrole nitrogens is 1. The highest BCUT2D eigenvalue weighted by atomic mass is 16.5. The molecule has 1 aliphatic rings. The Kier molecular flexibility index (Phi) is 17.1. The molecule has 1 aliphatic heterocycles. The average molecular weight is 731 g/mol. The molecule has 4 amide bonds. The summed E-state index contributed by atoms with van der Waals surface area (Å²) in [5.41, 5.74) is 6.12. The van der Waals surface area contributed by atoms with Crippen molar-refractivity contribution in [2.45, 2.75) is 71.4 Å². The summed E-state index contributed by atoms with van der Waals surface area (Å²) < 4.78 is 9.15. The van der Waals surface area contributed by atoms with E-state index in [0.29, 0.717) is 25.2 Å². The maximum Gasteiger partial charge on any atom is 0.407 e. The summed E-state index contributed by atoms with van der Waals surface area (Å²) in [4.78, 5) is 62.0. The molecule has 14 heteroatoms. The molecule has 1 saturated heterocycles. The number of aliphatic imine (C=N–C) groups is 1. The highest BCUT2D eigenvalue weighted by Crippen LogP contribution is 2.26. The van der Waals surface area contributed by atoms with Gasteiger partial charge in [0, 0.05) is 38.3 Å². The molecular weight excluding hydrogens is 676 g/mol. The number of aryl methyl sites for hydroxylation is 1. The Morgan fingerprint density at radius 1 is 1.02 bits per heavy atom. The molecule has 2 atom stereocenters. The molecule has 4 rings (SSSR count). The van der Waals surface area contributed by atoms with E-state index < -0.39 is 18.2 Å². The summed E-state index contributed by atoms with van der Waals surface area (Å²) in [5.74, 6) is 0.398. The van der Waals surface area contributed by atoms with Crippen LogP contribution in [0.15, 0.2) is 65.8 Å². The van der Waals surface area contributed by atoms with Crippen LogP contribution in [0, 0.1) is 0 Å². The molecule has 0 aliphatic carbocycles. The van der Waals surface area contributed by atoms with Crippen LogP contribution in [0.1, 0.15) is 64.3 Å². The zero-order valence-electron chi connectivity index (χ0n) is 31.5. The molecule has 0 spiro atoms. The van der Waals surface area contributed by atoms with E-state index in [0.717, 1.165) is 71.3 Å². The molecule has 0 radical (unpaired) electrons. The van der Waals surface area contributed by atoms with Gasteiger partial charge in [-0.3, -0.25) is 14.6 Å². The number of hydrogen-bond donors (Lipinski definition) is 5. The largest absolute Gasteiger partial charge is 0.453 e. The second kappa shape index (κ2) is 21.6. The molecule has 0 saturated carbocycles. The van der Waals surface area contributed by atoms with E-state index in [2.05, 4.69) is 69.2 Å². The molecular formula is C39H54N8O6. The fourth-order valence-electron chi connectivity index (χ4n) is 5.75. The third-order valence-electron chi connectivity index (χ3n) is 8.40. The van der Waals surface area contributed by atoms with Gasteiger partial charge < -0.3 is 40.6 Å². The number of aromatic amines is 1. The lowest BCUT2D eigenvalue weighted by Crippen LogP contribution is -2.52. The number of methoxy groups -OCH3 is 2. The molecule has 286 valence electrons. The number of ether oxygens (including phenoxy) is 2. The molecule has 0 bridgehead atoms. The van der Waals surface area contributed by atoms with Crippen molar-refractivity contribution in [2.75, 3.05) is 40.4 Å². The van der Waals surface area contributed by atoms with Crippen molar-refractivity contribution in [3.63, 3.8) is 0 Å². The average Bonchev–Trinajstić information content (AvgIpc) is 3.80. The van der Waals surface area contributed by atoms with Crippen molar-refractivity contribution in [3.05, 3.63) is 72.2 Å². The lowest BCUT2D eigenvalue weighted by Gasteiger charge is -2.30. The third kappa shape index (κ3) is 12.8. The number of aromatic nitrogens is 2. The first-order valence-corrected chi connectivity index (χ1v) is 17.9. The SMILES string of the molecule is C=N/C=C(\NCC1CCCN1C(=O)C(NC(=O)OC)C(=C)C)c1ccc(-c2ccc3nc(CCCCNC(=O)CNC(=O)OC)[nH]c3c2)cc1.CCC. The lowest BCUT2D eigenvalue weighted by atomic mass is 10.0. The summed E-state index contributed by atoms with van der Waals surface area (Å²) >= 11 is 0. The Morgan fingerprint density at radius 3 is 2.38 bits per heavy atom. The van der Waals surface area contributed by atoms with E-state index in [4.69, 9.17) is 9.72 Å². The second-order valence-corrected chi connectivity index (χ2v) is 12.7. The zero-order valence-corrected chi connectivity index (χ0v) is 31.5. The predicted octanol–water partition coefficient (Wildman–Crippen LogP) is 5.32. The number of likely N-dealkylation sites (tertiary alicyclic amines) is 1. The molecule has 1 fully saturated rings. The van der Waals surface area contributed by atoms with Crippen molar-refractivity contribution in [1.29, 1.82) is 0 Å². The van der Waals surface area contributed by atoms with Gasteiger partial charge in [0.05, 0.1) is 37.5 Å². The Balaban J connectivity index is 0.00000243. The Morgan fingerprint density at radius 2 is 1.72 bits per heavy atom. The fourth-order valence-corrected chi connectivity index (χ4v) is 5.75. The van der Waals surface area contributed by atoms with Crippen LogP contribution in [0.25, 0.3) is 27.9 Å². The van der Waals surface area contributed by atoms with E-state index in [1.165, 1.54) is 20.6 Å². The van der Waals surface area contributed by atoms with Gasteiger partial charge in [-0.2, -0.15) is 0 Å². The first-order valence-electron chi connectivity index (χ1n) is 17.9. The minimum Gasteiger partial charge on any atom is -0.453 e. The molecule has 2 heterocycles. The van der Waals surface area contributed by atoms with Crippen LogP contribution in [0.3, 0.4) is 0 Å². The number of rotatable bonds is 16. The van der Waals surface area contributed by atoms with Gasteiger partial charge in [-0.25, -0.2) is 14.6 Å². The fraction of sp³-hybridized carbons (Fsp3) is 0.436. The number of carbonyl (C=O) groups excluding carboxylic acids is 4. The summed E-state index contributed by atoms with van der Waals surface area (Å²) in [6.07, 6.45) is 5.61. The maximum atomic E-state index is 13.4. The van der Waals surface area contributed by atoms with Gasteiger partial charge in [-0.1, -0.05) is 57.2 Å². The van der Waals surface area contributed by atoms with Crippen molar-refractivity contribution in [3.8, 4) is 11.1 Å². The molecule has 1 aromatic heterocycles. The Hall–Kier alpha value is -5.66. The first-order chi connectivity index (χ1) is 25.5. The Bertz CT molecular complexity index is 1740. The maximum absolute atomic E-state index is 13.4. The molecule has 2 aromatic carbocycles. The number of fused-ring (bicyclic) bond motifs is 1. The van der Waals surface area contributed by atoms with Gasteiger partial charge in [-0.05, 0) is 73.7 Å². The third-order valence-corrected chi connectivity index (χ3v) is 8.40. The highest BCUT2D eigenvalue weighted by molar-refractivity contribution is 5.89. The summed E-state index contributed by atoms with van der Waals surface area (Å²) in [7, 11) is 2.50. The van der Waals surface area contributed by atoms with Crippen molar-refractivity contribution in [1.82, 2.24) is 36.1 Å². The van der Waals surface area contributed by atoms with Crippen molar-refractivity contribution < 1.29 is 28.7 Å². The standard InChI is InChI=1S/C36H46N8O6.C3H8/c1-23(2)33(43-36(48)50-5)34(46)44-18-8-9-27(44)20-39-30(21-37-3)25-13-11-24(12-14-25)26-15-16-28-29(19-26)42-31(41-28)10-6-7-17-38-32(45)22-40-35(47)49-4;1-3-2/h11-16,19,21,27,33,39H,1,3,6-10,17-18,20,22H2,2,4-5H3,(H,38,45)(H,40,47)(H,41,42)(H,43,48);3H2,1-2H3/b30-21-;. The van der Waals surface area contributed by atoms with Crippen LogP contribution in [0.2, 0.25) is 0 Å². The number of amides is 4. The van der Waals surface area contributed by atoms with Gasteiger partial charge in [0.2, 0.25) is 11.8 Å². The minimum atomic E-state index is -0.857. The summed E-state index contributed by atoms with van der Waals surface area (Å²) in [5, 5.41) is 11.2. The van der Waals surface area contributed by atoms with Crippen LogP contribution in [0.5, 0.6) is 0 Å². The van der Waals surface area contributed by atoms with Gasteiger partial charge in [0.15, 0.2) is 0 Å². The van der Waals surface area contributed by atoms with Gasteiger partial charge in [0.25, 0.3) is 0 Å².